The fourth-order valence-corrected chi connectivity index (χ4v) is 0. The van der Waals surface area contributed by atoms with Crippen molar-refractivity contribution in [2.45, 2.75) is 0 Å². The molecule has 41 valence electrons. The van der Waals surface area contributed by atoms with Gasteiger partial charge in [0.15, 0.2) is 0 Å². The van der Waals surface area contributed by atoms with E-state index in [1.165, 1.54) is 0 Å². The number of hydrogen-bond donors (Lipinski definition) is 0. The van der Waals surface area contributed by atoms with E-state index in [-0.39, 0.29) is 63.0 Å². The van der Waals surface area contributed by atoms with E-state index in [9.17, 15) is 0 Å². The molecule has 0 aromatic carbocycles. The Balaban J connectivity index is 0. The molecule has 0 aromatic rings. The van der Waals surface area contributed by atoms with E-state index in [0.717, 1.165) is 0 Å². The number of rotatable bonds is 0. The average molecular weight is 195 g/mol. The van der Waals surface area contributed by atoms with Gasteiger partial charge in [-0.05, 0) is 0 Å². The minimum atomic E-state index is 0. The third-order valence-corrected chi connectivity index (χ3v) is 0. The molecule has 0 saturated heterocycles. The zero-order valence-corrected chi connectivity index (χ0v) is 5.27. The Labute approximate surface area is 63.2 Å². The Morgan fingerprint density at radius 2 is 0.500 bits per heavy atom. The summed E-state index contributed by atoms with van der Waals surface area (Å²) in [5.41, 5.74) is 0. The minimum absolute atomic E-state index is 0. The molecule has 0 aliphatic carbocycles. The van der Waals surface area contributed by atoms with Gasteiger partial charge in [-0.15, -0.1) is 0 Å². The van der Waals surface area contributed by atoms with E-state index in [2.05, 4.69) is 0 Å². The van der Waals surface area contributed by atoms with Gasteiger partial charge < -0.3 is 16.4 Å². The summed E-state index contributed by atoms with van der Waals surface area (Å²) in [4.78, 5) is 0. The van der Waals surface area contributed by atoms with Crippen LogP contribution in [0, 0.1) is 0 Å². The van der Waals surface area contributed by atoms with Crippen LogP contribution in [0.5, 0.6) is 0 Å². The van der Waals surface area contributed by atoms with Gasteiger partial charge in [-0.2, -0.15) is 0 Å². The van der Waals surface area contributed by atoms with Crippen molar-refractivity contribution < 1.29 is 50.6 Å². The monoisotopic (exact) mass is 195 g/mol. The zero-order valence-electron chi connectivity index (χ0n) is 2.31. The van der Waals surface area contributed by atoms with Crippen LogP contribution in [0.3, 0.4) is 0 Å². The summed E-state index contributed by atoms with van der Waals surface area (Å²) in [6, 6.07) is 0. The van der Waals surface area contributed by atoms with Crippen molar-refractivity contribution in [3.05, 3.63) is 0 Å². The summed E-state index contributed by atoms with van der Waals surface area (Å²) < 4.78 is 0. The van der Waals surface area contributed by atoms with Crippen LogP contribution in [-0.2, 0) is 50.6 Å². The van der Waals surface area contributed by atoms with Gasteiger partial charge >= 0.3 is 34.1 Å². The third kappa shape index (κ3) is 63.1. The summed E-state index contributed by atoms with van der Waals surface area (Å²) in [5, 5.41) is 0. The first-order valence-electron chi connectivity index (χ1n) is 0. The normalized spacial score (nSPS) is 0. The molecule has 0 saturated carbocycles. The largest absolute Gasteiger partial charge is 3.00 e. The van der Waals surface area contributed by atoms with Crippen LogP contribution in [0.2, 0.25) is 0 Å². The molecular formula is ClFe2O3. The van der Waals surface area contributed by atoms with Crippen molar-refractivity contribution in [3.8, 4) is 0 Å². The fraction of sp³-hybridized carbons (Fsp3) is 0. The molecule has 3 nitrogen and oxygen atoms in total. The van der Waals surface area contributed by atoms with Crippen LogP contribution in [0.4, 0.5) is 0 Å². The van der Waals surface area contributed by atoms with Gasteiger partial charge in [0.1, 0.15) is 0 Å². The van der Waals surface area contributed by atoms with Crippen molar-refractivity contribution >= 4 is 12.4 Å². The van der Waals surface area contributed by atoms with E-state index in [0.29, 0.717) is 0 Å². The van der Waals surface area contributed by atoms with Crippen LogP contribution in [-0.4, -0.2) is 0 Å². The van der Waals surface area contributed by atoms with E-state index < -0.39 is 0 Å². The molecule has 3 radical (unpaired) electrons. The van der Waals surface area contributed by atoms with Gasteiger partial charge in [0, 0.05) is 12.4 Å². The number of hydrogen-bond acceptors (Lipinski definition) is 0. The van der Waals surface area contributed by atoms with Crippen molar-refractivity contribution in [1.29, 1.82) is 0 Å². The maximum atomic E-state index is 0. The molecule has 0 unspecified atom stereocenters. The first kappa shape index (κ1) is 190. The third-order valence-electron chi connectivity index (χ3n) is 0. The number of halogens is 1. The summed E-state index contributed by atoms with van der Waals surface area (Å²) in [6.45, 7) is 0. The smallest absolute Gasteiger partial charge is 2.00 e. The summed E-state index contributed by atoms with van der Waals surface area (Å²) in [5.74, 6) is 0. The molecule has 0 aromatic heterocycles. The molecule has 0 N–H and O–H groups in total. The standard InChI is InChI=1S/Cl.2Fe.3O/q;2*+3;3*-2. The molecular weight excluding hydrogens is 195 g/mol. The van der Waals surface area contributed by atoms with Crippen molar-refractivity contribution in [2.75, 3.05) is 0 Å². The fourth-order valence-electron chi connectivity index (χ4n) is 0. The van der Waals surface area contributed by atoms with Gasteiger partial charge in [-0.3, -0.25) is 0 Å². The van der Waals surface area contributed by atoms with Crippen LogP contribution in [0.15, 0.2) is 0 Å². The predicted octanol–water partition coefficient (Wildman–Crippen LogP) is 0.328. The topological polar surface area (TPSA) is 85.5 Å². The molecule has 0 fully saturated rings. The Hall–Kier alpha value is 1.21. The van der Waals surface area contributed by atoms with E-state index in [4.69, 9.17) is 0 Å². The van der Waals surface area contributed by atoms with E-state index >= 15 is 0 Å². The first-order valence-corrected chi connectivity index (χ1v) is 0. The summed E-state index contributed by atoms with van der Waals surface area (Å²) >= 11 is 0. The Kier molecular flexibility index (Phi) is 3650. The molecule has 0 atom stereocenters. The van der Waals surface area contributed by atoms with Crippen molar-refractivity contribution in [2.24, 2.45) is 0 Å². The van der Waals surface area contributed by atoms with Gasteiger partial charge in [0.05, 0.1) is 0 Å². The van der Waals surface area contributed by atoms with Crippen LogP contribution in [0.1, 0.15) is 0 Å². The second kappa shape index (κ2) is 115. The molecule has 6 heteroatoms. The SMILES string of the molecule is [Cl].[Fe+3].[Fe+3].[O-2].[O-2].[O-2]. The first-order chi connectivity index (χ1) is 0. The second-order valence-corrected chi connectivity index (χ2v) is 0. The van der Waals surface area contributed by atoms with E-state index in [1.807, 2.05) is 0 Å². The van der Waals surface area contributed by atoms with Crippen LogP contribution >= 0.6 is 12.4 Å². The van der Waals surface area contributed by atoms with Crippen molar-refractivity contribution in [1.82, 2.24) is 0 Å². The van der Waals surface area contributed by atoms with Gasteiger partial charge in [-0.25, -0.2) is 0 Å². The van der Waals surface area contributed by atoms with Gasteiger partial charge in [0.25, 0.3) is 0 Å². The molecule has 6 heavy (non-hydrogen) atoms. The average Bonchev–Trinajstić information content (AvgIpc) is 0. The minimum Gasteiger partial charge on any atom is -2.00 e. The summed E-state index contributed by atoms with van der Waals surface area (Å²) in [6.07, 6.45) is 0. The summed E-state index contributed by atoms with van der Waals surface area (Å²) in [7, 11) is 0. The Morgan fingerprint density at radius 1 is 0.500 bits per heavy atom. The van der Waals surface area contributed by atoms with Gasteiger partial charge in [-0.1, -0.05) is 0 Å². The molecule has 0 amide bonds. The van der Waals surface area contributed by atoms with Crippen LogP contribution < -0.4 is 0 Å². The Morgan fingerprint density at radius 3 is 0.500 bits per heavy atom. The van der Waals surface area contributed by atoms with Crippen LogP contribution in [0.25, 0.3) is 0 Å². The molecule has 0 bridgehead atoms. The van der Waals surface area contributed by atoms with Gasteiger partial charge in [0.2, 0.25) is 0 Å². The Bertz CT molecular complexity index is 8.75. The molecule has 0 aliphatic rings. The molecule has 0 aliphatic heterocycles. The van der Waals surface area contributed by atoms with Crippen molar-refractivity contribution in [3.63, 3.8) is 0 Å². The maximum absolute atomic E-state index is 0. The quantitative estimate of drug-likeness (QED) is 0.499. The zero-order chi connectivity index (χ0) is 0. The predicted molar refractivity (Wildman–Crippen MR) is 7.91 cm³/mol. The maximum Gasteiger partial charge on any atom is 3.00 e. The van der Waals surface area contributed by atoms with E-state index in [1.54, 1.807) is 0 Å². The second-order valence-electron chi connectivity index (χ2n) is 0. The molecule has 0 heterocycles. The molecule has 0 rings (SSSR count). The molecule has 0 spiro atoms.